The van der Waals surface area contributed by atoms with Crippen LogP contribution in [0.4, 0.5) is 0 Å². The van der Waals surface area contributed by atoms with Gasteiger partial charge in [-0.15, -0.1) is 0 Å². The number of ether oxygens (including phenoxy) is 3. The first-order chi connectivity index (χ1) is 8.56. The van der Waals surface area contributed by atoms with Gasteiger partial charge in [0.2, 0.25) is 12.9 Å². The van der Waals surface area contributed by atoms with Gasteiger partial charge < -0.3 is 19.3 Å². The quantitative estimate of drug-likeness (QED) is 0.804. The molecular weight excluding hydrogens is 240 g/mol. The first-order valence-corrected chi connectivity index (χ1v) is 5.35. The van der Waals surface area contributed by atoms with Crippen LogP contribution in [0.1, 0.15) is 12.5 Å². The second-order valence-electron chi connectivity index (χ2n) is 3.83. The second kappa shape index (κ2) is 4.95. The van der Waals surface area contributed by atoms with Crippen molar-refractivity contribution in [2.75, 3.05) is 6.79 Å². The van der Waals surface area contributed by atoms with Gasteiger partial charge in [-0.05, 0) is 17.7 Å². The van der Waals surface area contributed by atoms with Crippen molar-refractivity contribution in [2.24, 2.45) is 0 Å². The number of fused-ring (bicyclic) bond motifs is 1. The molecule has 0 saturated heterocycles. The van der Waals surface area contributed by atoms with E-state index < -0.39 is 18.0 Å². The third-order valence-corrected chi connectivity index (χ3v) is 2.44. The number of hydrogen-bond acceptors (Lipinski definition) is 5. The van der Waals surface area contributed by atoms with Gasteiger partial charge in [0.05, 0.1) is 0 Å². The third-order valence-electron chi connectivity index (χ3n) is 2.44. The number of carbonyl (C=O) groups is 2. The van der Waals surface area contributed by atoms with Crippen molar-refractivity contribution in [3.63, 3.8) is 0 Å². The topological polar surface area (TPSA) is 82.1 Å². The summed E-state index contributed by atoms with van der Waals surface area (Å²) < 4.78 is 15.1. The van der Waals surface area contributed by atoms with Crippen LogP contribution in [-0.2, 0) is 20.7 Å². The van der Waals surface area contributed by atoms with Gasteiger partial charge >= 0.3 is 11.9 Å². The van der Waals surface area contributed by atoms with Gasteiger partial charge in [0, 0.05) is 13.3 Å². The van der Waals surface area contributed by atoms with Crippen LogP contribution >= 0.6 is 0 Å². The molecule has 1 aliphatic heterocycles. The number of rotatable bonds is 4. The molecule has 96 valence electrons. The maximum Gasteiger partial charge on any atom is 0.345 e. The third kappa shape index (κ3) is 2.71. The normalized spacial score (nSPS) is 14.1. The minimum absolute atomic E-state index is 0.0888. The van der Waals surface area contributed by atoms with Crippen molar-refractivity contribution in [3.05, 3.63) is 23.8 Å². The van der Waals surface area contributed by atoms with Crippen LogP contribution in [0.2, 0.25) is 0 Å². The molecule has 0 aromatic heterocycles. The summed E-state index contributed by atoms with van der Waals surface area (Å²) in [5.41, 5.74) is 0.702. The van der Waals surface area contributed by atoms with E-state index in [9.17, 15) is 9.59 Å². The Labute approximate surface area is 103 Å². The van der Waals surface area contributed by atoms with E-state index in [0.29, 0.717) is 17.1 Å². The van der Waals surface area contributed by atoms with Crippen LogP contribution in [0.5, 0.6) is 11.5 Å². The minimum atomic E-state index is -1.19. The van der Waals surface area contributed by atoms with Crippen molar-refractivity contribution in [1.29, 1.82) is 0 Å². The smallest absolute Gasteiger partial charge is 0.345 e. The summed E-state index contributed by atoms with van der Waals surface area (Å²) in [6, 6.07) is 5.10. The lowest BCUT2D eigenvalue weighted by atomic mass is 10.1. The lowest BCUT2D eigenvalue weighted by molar-refractivity contribution is -0.162. The lowest BCUT2D eigenvalue weighted by Crippen LogP contribution is -2.28. The van der Waals surface area contributed by atoms with Gasteiger partial charge in [0.1, 0.15) is 0 Å². The number of carboxylic acids is 1. The van der Waals surface area contributed by atoms with Crippen molar-refractivity contribution >= 4 is 11.9 Å². The second-order valence-corrected chi connectivity index (χ2v) is 3.83. The molecule has 6 heteroatoms. The van der Waals surface area contributed by atoms with Gasteiger partial charge in [-0.25, -0.2) is 4.79 Å². The standard InChI is InChI=1S/C12H12O6/c1-7(13)18-11(12(14)15)5-8-2-3-9-10(4-8)17-6-16-9/h2-4,11H,5-6H2,1H3,(H,14,15)/t11-/m1/s1. The van der Waals surface area contributed by atoms with Gasteiger partial charge in [-0.3, -0.25) is 4.79 Å². The molecule has 0 spiro atoms. The van der Waals surface area contributed by atoms with Crippen molar-refractivity contribution in [1.82, 2.24) is 0 Å². The van der Waals surface area contributed by atoms with E-state index in [1.165, 1.54) is 6.92 Å². The van der Waals surface area contributed by atoms with Crippen LogP contribution in [0.15, 0.2) is 18.2 Å². The Kier molecular flexibility index (Phi) is 3.36. The summed E-state index contributed by atoms with van der Waals surface area (Å²) in [4.78, 5) is 21.7. The summed E-state index contributed by atoms with van der Waals surface area (Å²) in [7, 11) is 0. The monoisotopic (exact) mass is 252 g/mol. The predicted octanol–water partition coefficient (Wildman–Crippen LogP) is 0.974. The molecule has 0 saturated carbocycles. The summed E-state index contributed by atoms with van der Waals surface area (Å²) in [6.45, 7) is 1.33. The molecule has 0 bridgehead atoms. The highest BCUT2D eigenvalue weighted by Gasteiger charge is 2.22. The fraction of sp³-hybridized carbons (Fsp3) is 0.333. The highest BCUT2D eigenvalue weighted by molar-refractivity contribution is 5.77. The molecule has 0 fully saturated rings. The fourth-order valence-corrected chi connectivity index (χ4v) is 1.66. The first-order valence-electron chi connectivity index (χ1n) is 5.35. The zero-order valence-corrected chi connectivity index (χ0v) is 9.71. The Morgan fingerprint density at radius 1 is 1.39 bits per heavy atom. The molecule has 1 heterocycles. The van der Waals surface area contributed by atoms with Crippen LogP contribution in [0.25, 0.3) is 0 Å². The maximum atomic E-state index is 10.9. The van der Waals surface area contributed by atoms with E-state index >= 15 is 0 Å². The van der Waals surface area contributed by atoms with Crippen molar-refractivity contribution in [3.8, 4) is 11.5 Å². The van der Waals surface area contributed by atoms with E-state index in [1.54, 1.807) is 18.2 Å². The number of carboxylic acid groups (broad SMARTS) is 1. The maximum absolute atomic E-state index is 10.9. The van der Waals surface area contributed by atoms with E-state index in [1.807, 2.05) is 0 Å². The van der Waals surface area contributed by atoms with Crippen LogP contribution < -0.4 is 9.47 Å². The number of carbonyl (C=O) groups excluding carboxylic acids is 1. The van der Waals surface area contributed by atoms with Gasteiger partial charge in [-0.1, -0.05) is 6.07 Å². The molecule has 18 heavy (non-hydrogen) atoms. The number of hydrogen-bond donors (Lipinski definition) is 1. The average molecular weight is 252 g/mol. The Hall–Kier alpha value is -2.24. The Bertz CT molecular complexity index is 481. The highest BCUT2D eigenvalue weighted by atomic mass is 16.7. The van der Waals surface area contributed by atoms with Gasteiger partial charge in [-0.2, -0.15) is 0 Å². The predicted molar refractivity (Wildman–Crippen MR) is 59.5 cm³/mol. The SMILES string of the molecule is CC(=O)O[C@H](Cc1ccc2c(c1)OCO2)C(=O)O. The van der Waals surface area contributed by atoms with Crippen molar-refractivity contribution < 1.29 is 28.9 Å². The van der Waals surface area contributed by atoms with Crippen LogP contribution in [0.3, 0.4) is 0 Å². The summed E-state index contributed by atoms with van der Waals surface area (Å²) in [6.07, 6.45) is -1.10. The molecule has 0 unspecified atom stereocenters. The summed E-state index contributed by atoms with van der Waals surface area (Å²) in [5, 5.41) is 8.94. The highest BCUT2D eigenvalue weighted by Crippen LogP contribution is 2.32. The number of esters is 1. The molecule has 1 aromatic carbocycles. The van der Waals surface area contributed by atoms with E-state index in [0.717, 1.165) is 0 Å². The van der Waals surface area contributed by atoms with Crippen molar-refractivity contribution in [2.45, 2.75) is 19.4 Å². The molecule has 2 rings (SSSR count). The molecule has 0 radical (unpaired) electrons. The zero-order valence-electron chi connectivity index (χ0n) is 9.71. The molecule has 1 N–H and O–H groups in total. The van der Waals surface area contributed by atoms with E-state index in [4.69, 9.17) is 19.3 Å². The van der Waals surface area contributed by atoms with Crippen LogP contribution in [-0.4, -0.2) is 29.9 Å². The van der Waals surface area contributed by atoms with E-state index in [2.05, 4.69) is 0 Å². The van der Waals surface area contributed by atoms with Gasteiger partial charge in [0.15, 0.2) is 11.5 Å². The molecule has 0 amide bonds. The summed E-state index contributed by atoms with van der Waals surface area (Å²) in [5.74, 6) is -0.608. The fourth-order valence-electron chi connectivity index (χ4n) is 1.66. The Morgan fingerprint density at radius 2 is 2.11 bits per heavy atom. The first kappa shape index (κ1) is 12.2. The lowest BCUT2D eigenvalue weighted by Gasteiger charge is -2.12. The Balaban J connectivity index is 2.11. The molecule has 6 nitrogen and oxygen atoms in total. The zero-order chi connectivity index (χ0) is 13.1. The molecule has 1 aromatic rings. The summed E-state index contributed by atoms with van der Waals surface area (Å²) >= 11 is 0. The number of aliphatic carboxylic acids is 1. The minimum Gasteiger partial charge on any atom is -0.478 e. The van der Waals surface area contributed by atoms with E-state index in [-0.39, 0.29) is 13.2 Å². The number of benzene rings is 1. The molecule has 1 aliphatic rings. The van der Waals surface area contributed by atoms with Gasteiger partial charge in [0.25, 0.3) is 0 Å². The molecule has 1 atom stereocenters. The largest absolute Gasteiger partial charge is 0.478 e. The molecule has 0 aliphatic carbocycles. The van der Waals surface area contributed by atoms with Crippen LogP contribution in [0, 0.1) is 0 Å². The molecular formula is C12H12O6. The Morgan fingerprint density at radius 3 is 2.78 bits per heavy atom. The average Bonchev–Trinajstić information content (AvgIpc) is 2.74.